The molecular formula is C27H29ClN2O2. The van der Waals surface area contributed by atoms with Crippen LogP contribution in [0, 0.1) is 5.92 Å². The van der Waals surface area contributed by atoms with Crippen molar-refractivity contribution in [3.05, 3.63) is 95.6 Å². The first-order valence-electron chi connectivity index (χ1n) is 11.2. The number of ether oxygens (including phenoxy) is 1. The van der Waals surface area contributed by atoms with Gasteiger partial charge < -0.3 is 15.4 Å². The predicted molar refractivity (Wildman–Crippen MR) is 131 cm³/mol. The van der Waals surface area contributed by atoms with Crippen molar-refractivity contribution in [1.82, 2.24) is 5.32 Å². The van der Waals surface area contributed by atoms with Crippen LogP contribution in [-0.4, -0.2) is 18.5 Å². The van der Waals surface area contributed by atoms with E-state index in [0.717, 1.165) is 22.9 Å². The van der Waals surface area contributed by atoms with Gasteiger partial charge in [0.05, 0.1) is 0 Å². The molecule has 2 aliphatic rings. The average molecular weight is 449 g/mol. The summed E-state index contributed by atoms with van der Waals surface area (Å²) in [6, 6.07) is 26.2. The molecule has 2 aliphatic carbocycles. The zero-order valence-corrected chi connectivity index (χ0v) is 18.8. The zero-order valence-electron chi connectivity index (χ0n) is 18.0. The smallest absolute Gasteiger partial charge is 0.255 e. The predicted octanol–water partition coefficient (Wildman–Crippen LogP) is 5.80. The summed E-state index contributed by atoms with van der Waals surface area (Å²) >= 11 is 0. The fraction of sp³-hybridized carbons (Fsp3) is 0.296. The van der Waals surface area contributed by atoms with Crippen LogP contribution in [0.15, 0.2) is 78.9 Å². The Kier molecular flexibility index (Phi) is 7.13. The van der Waals surface area contributed by atoms with Gasteiger partial charge in [0.1, 0.15) is 12.4 Å². The highest BCUT2D eigenvalue weighted by atomic mass is 35.5. The minimum Gasteiger partial charge on any atom is -0.489 e. The number of hydrogen-bond donors (Lipinski definition) is 2. The van der Waals surface area contributed by atoms with Crippen molar-refractivity contribution < 1.29 is 9.53 Å². The number of anilines is 1. The zero-order chi connectivity index (χ0) is 21.0. The van der Waals surface area contributed by atoms with E-state index in [1.165, 1.54) is 31.4 Å². The summed E-state index contributed by atoms with van der Waals surface area (Å²) in [6.07, 6.45) is 4.00. The number of benzene rings is 3. The van der Waals surface area contributed by atoms with Crippen LogP contribution in [0.25, 0.3) is 0 Å². The molecule has 1 amide bonds. The summed E-state index contributed by atoms with van der Waals surface area (Å²) in [6.45, 7) is 1.68. The normalized spacial score (nSPS) is 19.0. The minimum atomic E-state index is -0.113. The highest BCUT2D eigenvalue weighted by Crippen LogP contribution is 2.41. The molecule has 0 bridgehead atoms. The molecule has 2 atom stereocenters. The molecule has 0 aliphatic heterocycles. The van der Waals surface area contributed by atoms with Crippen LogP contribution in [0.4, 0.5) is 5.69 Å². The maximum atomic E-state index is 12.6. The van der Waals surface area contributed by atoms with Crippen LogP contribution < -0.4 is 15.4 Å². The van der Waals surface area contributed by atoms with Gasteiger partial charge in [0.15, 0.2) is 0 Å². The van der Waals surface area contributed by atoms with Gasteiger partial charge in [-0.15, -0.1) is 12.4 Å². The number of amides is 1. The highest BCUT2D eigenvalue weighted by Gasteiger charge is 2.38. The molecule has 2 saturated carbocycles. The third-order valence-corrected chi connectivity index (χ3v) is 6.12. The summed E-state index contributed by atoms with van der Waals surface area (Å²) in [5.41, 5.74) is 3.90. The van der Waals surface area contributed by atoms with Crippen molar-refractivity contribution in [3.8, 4) is 5.75 Å². The number of carbonyl (C=O) groups excluding carboxylic acids is 1. The quantitative estimate of drug-likeness (QED) is 0.435. The van der Waals surface area contributed by atoms with E-state index in [1.54, 1.807) is 12.1 Å². The van der Waals surface area contributed by atoms with E-state index in [2.05, 4.69) is 22.8 Å². The molecule has 0 saturated heterocycles. The molecule has 3 aromatic rings. The fourth-order valence-electron chi connectivity index (χ4n) is 3.89. The van der Waals surface area contributed by atoms with Gasteiger partial charge in [-0.3, -0.25) is 4.79 Å². The lowest BCUT2D eigenvalue weighted by atomic mass is 10.1. The lowest BCUT2D eigenvalue weighted by molar-refractivity contribution is 0.102. The van der Waals surface area contributed by atoms with Gasteiger partial charge in [-0.1, -0.05) is 42.5 Å². The van der Waals surface area contributed by atoms with Crippen LogP contribution in [0.5, 0.6) is 5.75 Å². The number of hydrogen-bond acceptors (Lipinski definition) is 3. The van der Waals surface area contributed by atoms with Gasteiger partial charge in [-0.05, 0) is 79.3 Å². The van der Waals surface area contributed by atoms with Gasteiger partial charge in [0, 0.05) is 23.2 Å². The first kappa shape index (κ1) is 22.4. The number of rotatable bonds is 9. The number of nitrogens with one attached hydrogen (secondary N) is 2. The Balaban J connectivity index is 0.00000245. The first-order valence-corrected chi connectivity index (χ1v) is 11.2. The summed E-state index contributed by atoms with van der Waals surface area (Å²) in [7, 11) is 0. The van der Waals surface area contributed by atoms with Gasteiger partial charge in [0.25, 0.3) is 5.91 Å². The fourth-order valence-corrected chi connectivity index (χ4v) is 3.89. The highest BCUT2D eigenvalue weighted by molar-refractivity contribution is 6.04. The van der Waals surface area contributed by atoms with E-state index in [1.807, 2.05) is 54.6 Å². The van der Waals surface area contributed by atoms with Crippen molar-refractivity contribution >= 4 is 24.0 Å². The topological polar surface area (TPSA) is 50.4 Å². The summed E-state index contributed by atoms with van der Waals surface area (Å²) < 4.78 is 5.79. The maximum Gasteiger partial charge on any atom is 0.255 e. The lowest BCUT2D eigenvalue weighted by Crippen LogP contribution is -2.20. The largest absolute Gasteiger partial charge is 0.489 e. The maximum absolute atomic E-state index is 12.6. The molecule has 2 fully saturated rings. The van der Waals surface area contributed by atoms with Crippen LogP contribution in [0.1, 0.15) is 46.7 Å². The van der Waals surface area contributed by atoms with E-state index in [9.17, 15) is 4.79 Å². The molecule has 0 unspecified atom stereocenters. The van der Waals surface area contributed by atoms with Crippen LogP contribution in [0.2, 0.25) is 0 Å². The van der Waals surface area contributed by atoms with E-state index >= 15 is 0 Å². The Labute approximate surface area is 195 Å². The third kappa shape index (κ3) is 5.90. The van der Waals surface area contributed by atoms with Gasteiger partial charge in [-0.25, -0.2) is 0 Å². The molecule has 0 aromatic heterocycles. The molecule has 5 heteroatoms. The number of halogens is 1. The summed E-state index contributed by atoms with van der Waals surface area (Å²) in [4.78, 5) is 12.6. The second kappa shape index (κ2) is 10.2. The molecule has 0 heterocycles. The minimum absolute atomic E-state index is 0. The van der Waals surface area contributed by atoms with E-state index in [4.69, 9.17) is 4.74 Å². The van der Waals surface area contributed by atoms with Crippen LogP contribution in [-0.2, 0) is 6.61 Å². The Morgan fingerprint density at radius 2 is 1.62 bits per heavy atom. The molecule has 0 spiro atoms. The average Bonchev–Trinajstić information content (AvgIpc) is 3.73. The summed E-state index contributed by atoms with van der Waals surface area (Å²) in [5, 5.41) is 6.66. The van der Waals surface area contributed by atoms with Gasteiger partial charge >= 0.3 is 0 Å². The molecule has 32 heavy (non-hydrogen) atoms. The third-order valence-electron chi connectivity index (χ3n) is 6.12. The lowest BCUT2D eigenvalue weighted by Gasteiger charge is -2.09. The van der Waals surface area contributed by atoms with Crippen molar-refractivity contribution in [3.63, 3.8) is 0 Å². The Morgan fingerprint density at radius 1 is 0.906 bits per heavy atom. The van der Waals surface area contributed by atoms with Crippen molar-refractivity contribution in [2.24, 2.45) is 5.92 Å². The SMILES string of the molecule is Cl.O=C(Nc1ccc([C@@H]2C[C@H]2NCC2CC2)cc1)c1ccc(OCc2ccccc2)cc1. The van der Waals surface area contributed by atoms with Crippen LogP contribution >= 0.6 is 12.4 Å². The molecule has 2 N–H and O–H groups in total. The standard InChI is InChI=1S/C27H28N2O2.ClH/c30-27(22-10-14-24(15-11-22)31-18-20-4-2-1-3-5-20)29-23-12-8-21(9-13-23)25-16-26(25)28-17-19-6-7-19;/h1-5,8-15,19,25-26,28H,6-7,16-18H2,(H,29,30);1H/t25-,26+;/m0./s1. The van der Waals surface area contributed by atoms with Gasteiger partial charge in [-0.2, -0.15) is 0 Å². The molecule has 4 nitrogen and oxygen atoms in total. The second-order valence-electron chi connectivity index (χ2n) is 8.68. The Bertz CT molecular complexity index is 1020. The second-order valence-corrected chi connectivity index (χ2v) is 8.68. The molecular weight excluding hydrogens is 420 g/mol. The Morgan fingerprint density at radius 3 is 2.31 bits per heavy atom. The molecule has 3 aromatic carbocycles. The molecule has 5 rings (SSSR count). The van der Waals surface area contributed by atoms with E-state index in [-0.39, 0.29) is 18.3 Å². The Hall–Kier alpha value is -2.82. The van der Waals surface area contributed by atoms with Gasteiger partial charge in [0.2, 0.25) is 0 Å². The summed E-state index contributed by atoms with van der Waals surface area (Å²) in [5.74, 6) is 2.17. The van der Waals surface area contributed by atoms with E-state index < -0.39 is 0 Å². The number of carbonyl (C=O) groups is 1. The van der Waals surface area contributed by atoms with E-state index in [0.29, 0.717) is 24.1 Å². The van der Waals surface area contributed by atoms with Crippen molar-refractivity contribution in [2.45, 2.75) is 37.8 Å². The van der Waals surface area contributed by atoms with Crippen LogP contribution in [0.3, 0.4) is 0 Å². The molecule has 0 radical (unpaired) electrons. The molecule has 166 valence electrons. The van der Waals surface area contributed by atoms with Crippen molar-refractivity contribution in [2.75, 3.05) is 11.9 Å². The monoisotopic (exact) mass is 448 g/mol. The van der Waals surface area contributed by atoms with Crippen molar-refractivity contribution in [1.29, 1.82) is 0 Å². The first-order chi connectivity index (χ1) is 15.2.